The van der Waals surface area contributed by atoms with Gasteiger partial charge in [-0.2, -0.15) is 4.98 Å². The first-order valence-electron chi connectivity index (χ1n) is 5.39. The van der Waals surface area contributed by atoms with Crippen LogP contribution in [0.1, 0.15) is 12.8 Å². The van der Waals surface area contributed by atoms with Crippen molar-refractivity contribution in [2.24, 2.45) is 0 Å². The molecule has 18 heavy (non-hydrogen) atoms. The maximum Gasteiger partial charge on any atom is 0.332 e. The molecule has 0 aliphatic carbocycles. The second kappa shape index (κ2) is 5.42. The van der Waals surface area contributed by atoms with E-state index in [1.54, 1.807) is 0 Å². The summed E-state index contributed by atoms with van der Waals surface area (Å²) in [7, 11) is 0. The standard InChI is InChI=1S/C12H12N2O4/c1-8(12(15)16)17-7-10-13-11(14-18-10)9-5-3-2-4-6-9/h2-6,8H,7H2,1H3,(H,15,16)/t8-/m0/s1. The molecule has 94 valence electrons. The van der Waals surface area contributed by atoms with Gasteiger partial charge in [-0.3, -0.25) is 0 Å². The molecule has 1 aromatic heterocycles. The van der Waals surface area contributed by atoms with E-state index in [0.29, 0.717) is 5.82 Å². The molecule has 0 bridgehead atoms. The van der Waals surface area contributed by atoms with E-state index in [0.717, 1.165) is 5.56 Å². The number of nitrogens with zero attached hydrogens (tertiary/aromatic N) is 2. The number of rotatable bonds is 5. The van der Waals surface area contributed by atoms with Crippen molar-refractivity contribution in [3.05, 3.63) is 36.2 Å². The molecule has 1 atom stereocenters. The number of aliphatic carboxylic acids is 1. The van der Waals surface area contributed by atoms with Crippen molar-refractivity contribution >= 4 is 5.97 Å². The fourth-order valence-electron chi connectivity index (χ4n) is 1.29. The number of benzene rings is 1. The molecule has 0 saturated heterocycles. The van der Waals surface area contributed by atoms with Crippen LogP contribution in [0.15, 0.2) is 34.9 Å². The van der Waals surface area contributed by atoms with E-state index in [-0.39, 0.29) is 12.5 Å². The molecule has 0 amide bonds. The zero-order valence-electron chi connectivity index (χ0n) is 9.74. The first kappa shape index (κ1) is 12.3. The van der Waals surface area contributed by atoms with Gasteiger partial charge in [-0.1, -0.05) is 35.5 Å². The molecule has 1 heterocycles. The lowest BCUT2D eigenvalue weighted by molar-refractivity contribution is -0.150. The second-order valence-corrected chi connectivity index (χ2v) is 3.67. The lowest BCUT2D eigenvalue weighted by Gasteiger charge is -2.04. The third-order valence-corrected chi connectivity index (χ3v) is 2.30. The zero-order valence-corrected chi connectivity index (χ0v) is 9.74. The fraction of sp³-hybridized carbons (Fsp3) is 0.250. The van der Waals surface area contributed by atoms with Gasteiger partial charge in [0.2, 0.25) is 5.82 Å². The van der Waals surface area contributed by atoms with E-state index in [2.05, 4.69) is 10.1 Å². The van der Waals surface area contributed by atoms with Crippen LogP contribution in [0.5, 0.6) is 0 Å². The highest BCUT2D eigenvalue weighted by molar-refractivity contribution is 5.71. The fourth-order valence-corrected chi connectivity index (χ4v) is 1.29. The summed E-state index contributed by atoms with van der Waals surface area (Å²) in [4.78, 5) is 14.7. The number of aromatic nitrogens is 2. The number of carboxylic acid groups (broad SMARTS) is 1. The smallest absolute Gasteiger partial charge is 0.332 e. The summed E-state index contributed by atoms with van der Waals surface area (Å²) in [6.45, 7) is 1.42. The molecule has 6 nitrogen and oxygen atoms in total. The largest absolute Gasteiger partial charge is 0.479 e. The van der Waals surface area contributed by atoms with E-state index >= 15 is 0 Å². The maximum atomic E-state index is 10.6. The van der Waals surface area contributed by atoms with Crippen molar-refractivity contribution < 1.29 is 19.2 Å². The molecule has 0 spiro atoms. The average molecular weight is 248 g/mol. The Bertz CT molecular complexity index is 524. The molecule has 1 aromatic carbocycles. The van der Waals surface area contributed by atoms with E-state index in [1.165, 1.54) is 6.92 Å². The van der Waals surface area contributed by atoms with Crippen LogP contribution < -0.4 is 0 Å². The Kier molecular flexibility index (Phi) is 3.69. The number of hydrogen-bond acceptors (Lipinski definition) is 5. The quantitative estimate of drug-likeness (QED) is 0.867. The predicted octanol–water partition coefficient (Wildman–Crippen LogP) is 1.73. The zero-order chi connectivity index (χ0) is 13.0. The molecule has 6 heteroatoms. The van der Waals surface area contributed by atoms with Gasteiger partial charge in [0.1, 0.15) is 6.61 Å². The molecule has 0 unspecified atom stereocenters. The molecule has 0 aliphatic rings. The second-order valence-electron chi connectivity index (χ2n) is 3.67. The van der Waals surface area contributed by atoms with Gasteiger partial charge in [-0.25, -0.2) is 4.79 Å². The van der Waals surface area contributed by atoms with Gasteiger partial charge >= 0.3 is 5.97 Å². The summed E-state index contributed by atoms with van der Waals surface area (Å²) in [5.74, 6) is -0.322. The van der Waals surface area contributed by atoms with Crippen molar-refractivity contribution in [3.63, 3.8) is 0 Å². The SMILES string of the molecule is C[C@H](OCc1nc(-c2ccccc2)no1)C(=O)O. The Morgan fingerprint density at radius 1 is 1.44 bits per heavy atom. The highest BCUT2D eigenvalue weighted by atomic mass is 16.5. The number of hydrogen-bond donors (Lipinski definition) is 1. The van der Waals surface area contributed by atoms with Crippen LogP contribution in [0.4, 0.5) is 0 Å². The van der Waals surface area contributed by atoms with Gasteiger partial charge < -0.3 is 14.4 Å². The van der Waals surface area contributed by atoms with Crippen molar-refractivity contribution in [1.82, 2.24) is 10.1 Å². The van der Waals surface area contributed by atoms with Crippen molar-refractivity contribution in [3.8, 4) is 11.4 Å². The van der Waals surface area contributed by atoms with Gasteiger partial charge in [0, 0.05) is 5.56 Å². The normalized spacial score (nSPS) is 12.3. The Balaban J connectivity index is 2.01. The minimum absolute atomic E-state index is 0.0205. The molecular weight excluding hydrogens is 236 g/mol. The van der Waals surface area contributed by atoms with Gasteiger partial charge in [0.15, 0.2) is 6.10 Å². The van der Waals surface area contributed by atoms with E-state index < -0.39 is 12.1 Å². The van der Waals surface area contributed by atoms with Crippen molar-refractivity contribution in [1.29, 1.82) is 0 Å². The van der Waals surface area contributed by atoms with Crippen LogP contribution in [-0.4, -0.2) is 27.3 Å². The Morgan fingerprint density at radius 3 is 2.83 bits per heavy atom. The summed E-state index contributed by atoms with van der Waals surface area (Å²) >= 11 is 0. The molecule has 0 aliphatic heterocycles. The summed E-state index contributed by atoms with van der Waals surface area (Å²) in [6.07, 6.45) is -0.905. The third kappa shape index (κ3) is 2.92. The molecule has 1 N–H and O–H groups in total. The summed E-state index contributed by atoms with van der Waals surface area (Å²) in [5, 5.41) is 12.4. The van der Waals surface area contributed by atoms with E-state index in [1.807, 2.05) is 30.3 Å². The minimum Gasteiger partial charge on any atom is -0.479 e. The van der Waals surface area contributed by atoms with E-state index in [4.69, 9.17) is 14.4 Å². The van der Waals surface area contributed by atoms with Crippen LogP contribution in [0.3, 0.4) is 0 Å². The van der Waals surface area contributed by atoms with Gasteiger partial charge in [0.25, 0.3) is 5.89 Å². The topological polar surface area (TPSA) is 85.5 Å². The van der Waals surface area contributed by atoms with Crippen LogP contribution in [0.25, 0.3) is 11.4 Å². The van der Waals surface area contributed by atoms with Crippen molar-refractivity contribution in [2.45, 2.75) is 19.6 Å². The molecule has 0 saturated carbocycles. The number of carboxylic acids is 1. The van der Waals surface area contributed by atoms with Crippen LogP contribution in [-0.2, 0) is 16.1 Å². The third-order valence-electron chi connectivity index (χ3n) is 2.30. The van der Waals surface area contributed by atoms with Crippen LogP contribution in [0, 0.1) is 0 Å². The van der Waals surface area contributed by atoms with Gasteiger partial charge in [0.05, 0.1) is 0 Å². The van der Waals surface area contributed by atoms with E-state index in [9.17, 15) is 4.79 Å². The van der Waals surface area contributed by atoms with Gasteiger partial charge in [-0.15, -0.1) is 0 Å². The average Bonchev–Trinajstić information content (AvgIpc) is 2.85. The number of ether oxygens (including phenoxy) is 1. The maximum absolute atomic E-state index is 10.6. The Labute approximate surface area is 103 Å². The Morgan fingerprint density at radius 2 is 2.17 bits per heavy atom. The molecule has 0 radical (unpaired) electrons. The van der Waals surface area contributed by atoms with Crippen LogP contribution in [0.2, 0.25) is 0 Å². The summed E-state index contributed by atoms with van der Waals surface area (Å²) in [5.41, 5.74) is 0.832. The lowest BCUT2D eigenvalue weighted by atomic mass is 10.2. The van der Waals surface area contributed by atoms with Crippen LogP contribution >= 0.6 is 0 Å². The number of carbonyl (C=O) groups is 1. The summed E-state index contributed by atoms with van der Waals surface area (Å²) < 4.78 is 10.0. The Hall–Kier alpha value is -2.21. The minimum atomic E-state index is -1.03. The molecular formula is C12H12N2O4. The monoisotopic (exact) mass is 248 g/mol. The lowest BCUT2D eigenvalue weighted by Crippen LogP contribution is -2.19. The molecule has 2 rings (SSSR count). The first-order valence-corrected chi connectivity index (χ1v) is 5.39. The summed E-state index contributed by atoms with van der Waals surface area (Å²) in [6, 6.07) is 9.34. The van der Waals surface area contributed by atoms with Crippen molar-refractivity contribution in [2.75, 3.05) is 0 Å². The predicted molar refractivity (Wildman–Crippen MR) is 61.6 cm³/mol. The molecule has 2 aromatic rings. The van der Waals surface area contributed by atoms with Gasteiger partial charge in [-0.05, 0) is 6.92 Å². The highest BCUT2D eigenvalue weighted by Crippen LogP contribution is 2.15. The molecule has 0 fully saturated rings. The highest BCUT2D eigenvalue weighted by Gasteiger charge is 2.14. The first-order chi connectivity index (χ1) is 8.66.